The second-order valence-corrected chi connectivity index (χ2v) is 6.04. The summed E-state index contributed by atoms with van der Waals surface area (Å²) in [6, 6.07) is 5.90. The Hall–Kier alpha value is -1.56. The van der Waals surface area contributed by atoms with Crippen molar-refractivity contribution in [2.75, 3.05) is 0 Å². The number of rotatable bonds is 3. The fourth-order valence-corrected chi connectivity index (χ4v) is 3.37. The molecule has 0 amide bonds. The van der Waals surface area contributed by atoms with Crippen molar-refractivity contribution >= 4 is 10.8 Å². The fourth-order valence-electron chi connectivity index (χ4n) is 2.28. The van der Waals surface area contributed by atoms with Gasteiger partial charge in [0.1, 0.15) is 17.5 Å². The molecule has 2 aromatic rings. The standard InChI is InChI=1S/C13H14FN3OS/c14-10-4-3-5-11(8-10)19(18)9-13-16-15-12-6-1-2-7-17(12)13/h3-5,8H,1-2,6-7,9H2. The number of aryl methyl sites for hydroxylation is 1. The first-order chi connectivity index (χ1) is 9.24. The molecule has 0 spiro atoms. The zero-order valence-corrected chi connectivity index (χ0v) is 11.2. The summed E-state index contributed by atoms with van der Waals surface area (Å²) in [7, 11) is -1.28. The third kappa shape index (κ3) is 2.58. The maximum atomic E-state index is 13.1. The summed E-state index contributed by atoms with van der Waals surface area (Å²) in [5.74, 6) is 1.63. The van der Waals surface area contributed by atoms with Gasteiger partial charge in [0.15, 0.2) is 0 Å². The molecule has 0 bridgehead atoms. The van der Waals surface area contributed by atoms with Gasteiger partial charge in [-0.2, -0.15) is 0 Å². The maximum absolute atomic E-state index is 13.1. The van der Waals surface area contributed by atoms with Crippen LogP contribution in [-0.2, 0) is 29.5 Å². The van der Waals surface area contributed by atoms with E-state index in [1.54, 1.807) is 12.1 Å². The van der Waals surface area contributed by atoms with E-state index in [1.165, 1.54) is 12.1 Å². The van der Waals surface area contributed by atoms with Gasteiger partial charge in [-0.25, -0.2) is 4.39 Å². The number of hydrogen-bond acceptors (Lipinski definition) is 3. The molecule has 3 rings (SSSR count). The lowest BCUT2D eigenvalue weighted by molar-refractivity contribution is 0.512. The van der Waals surface area contributed by atoms with E-state index in [0.29, 0.717) is 4.90 Å². The van der Waals surface area contributed by atoms with Crippen molar-refractivity contribution in [1.29, 1.82) is 0 Å². The van der Waals surface area contributed by atoms with Gasteiger partial charge in [-0.05, 0) is 31.0 Å². The van der Waals surface area contributed by atoms with E-state index in [9.17, 15) is 8.60 Å². The smallest absolute Gasteiger partial charge is 0.146 e. The van der Waals surface area contributed by atoms with E-state index in [0.717, 1.165) is 37.5 Å². The molecule has 100 valence electrons. The van der Waals surface area contributed by atoms with Crippen molar-refractivity contribution in [1.82, 2.24) is 14.8 Å². The van der Waals surface area contributed by atoms with Crippen molar-refractivity contribution in [2.45, 2.75) is 36.5 Å². The molecule has 1 aromatic heterocycles. The highest BCUT2D eigenvalue weighted by Gasteiger charge is 2.18. The molecule has 0 N–H and O–H groups in total. The van der Waals surface area contributed by atoms with Crippen molar-refractivity contribution in [3.8, 4) is 0 Å². The van der Waals surface area contributed by atoms with Crippen LogP contribution in [0.5, 0.6) is 0 Å². The van der Waals surface area contributed by atoms with Gasteiger partial charge in [0.2, 0.25) is 0 Å². The van der Waals surface area contributed by atoms with Gasteiger partial charge in [0.05, 0.1) is 16.6 Å². The van der Waals surface area contributed by atoms with Crippen LogP contribution in [0.15, 0.2) is 29.2 Å². The minimum atomic E-state index is -1.28. The largest absolute Gasteiger partial charge is 0.314 e. The van der Waals surface area contributed by atoms with Crippen LogP contribution in [0.2, 0.25) is 0 Å². The average molecular weight is 279 g/mol. The summed E-state index contributed by atoms with van der Waals surface area (Å²) >= 11 is 0. The molecule has 1 atom stereocenters. The Morgan fingerprint density at radius 3 is 3.05 bits per heavy atom. The van der Waals surface area contributed by atoms with Crippen LogP contribution >= 0.6 is 0 Å². The highest BCUT2D eigenvalue weighted by atomic mass is 32.2. The molecule has 0 fully saturated rings. The quantitative estimate of drug-likeness (QED) is 0.864. The number of fused-ring (bicyclic) bond motifs is 1. The summed E-state index contributed by atoms with van der Waals surface area (Å²) in [6.45, 7) is 0.887. The molecule has 1 aliphatic rings. The van der Waals surface area contributed by atoms with Crippen LogP contribution in [0.3, 0.4) is 0 Å². The number of aromatic nitrogens is 3. The molecule has 0 saturated heterocycles. The number of hydrogen-bond donors (Lipinski definition) is 0. The van der Waals surface area contributed by atoms with E-state index < -0.39 is 10.8 Å². The minimum absolute atomic E-state index is 0.288. The Labute approximate surface area is 113 Å². The molecule has 0 radical (unpaired) electrons. The summed E-state index contributed by atoms with van der Waals surface area (Å²) < 4.78 is 27.4. The van der Waals surface area contributed by atoms with Gasteiger partial charge >= 0.3 is 0 Å². The van der Waals surface area contributed by atoms with E-state index in [-0.39, 0.29) is 11.6 Å². The van der Waals surface area contributed by atoms with Crippen molar-refractivity contribution in [3.63, 3.8) is 0 Å². The third-order valence-corrected chi connectivity index (χ3v) is 4.56. The van der Waals surface area contributed by atoms with Crippen molar-refractivity contribution in [3.05, 3.63) is 41.7 Å². The zero-order chi connectivity index (χ0) is 13.2. The first-order valence-electron chi connectivity index (χ1n) is 6.29. The summed E-state index contributed by atoms with van der Waals surface area (Å²) in [5, 5.41) is 8.24. The Bertz CT molecular complexity index is 626. The summed E-state index contributed by atoms with van der Waals surface area (Å²) in [5.41, 5.74) is 0. The fraction of sp³-hybridized carbons (Fsp3) is 0.385. The van der Waals surface area contributed by atoms with Gasteiger partial charge in [0, 0.05) is 17.9 Å². The molecular weight excluding hydrogens is 265 g/mol. The lowest BCUT2D eigenvalue weighted by Gasteiger charge is -2.14. The Morgan fingerprint density at radius 1 is 1.32 bits per heavy atom. The van der Waals surface area contributed by atoms with E-state index in [4.69, 9.17) is 0 Å². The third-order valence-electron chi connectivity index (χ3n) is 3.26. The van der Waals surface area contributed by atoms with Gasteiger partial charge in [-0.1, -0.05) is 6.07 Å². The second-order valence-electron chi connectivity index (χ2n) is 4.59. The SMILES string of the molecule is O=S(Cc1nnc2n1CCCC2)c1cccc(F)c1. The van der Waals surface area contributed by atoms with E-state index in [2.05, 4.69) is 10.2 Å². The molecule has 4 nitrogen and oxygen atoms in total. The average Bonchev–Trinajstić information content (AvgIpc) is 2.82. The minimum Gasteiger partial charge on any atom is -0.314 e. The van der Waals surface area contributed by atoms with Crippen LogP contribution < -0.4 is 0 Å². The first-order valence-corrected chi connectivity index (χ1v) is 7.61. The molecular formula is C13H14FN3OS. The van der Waals surface area contributed by atoms with Gasteiger partial charge in [0.25, 0.3) is 0 Å². The molecule has 19 heavy (non-hydrogen) atoms. The lowest BCUT2D eigenvalue weighted by atomic mass is 10.2. The molecule has 0 aliphatic carbocycles. The van der Waals surface area contributed by atoms with E-state index >= 15 is 0 Å². The number of benzene rings is 1. The molecule has 1 aliphatic heterocycles. The normalized spacial score (nSPS) is 16.1. The molecule has 6 heteroatoms. The van der Waals surface area contributed by atoms with Crippen LogP contribution in [0, 0.1) is 5.82 Å². The van der Waals surface area contributed by atoms with Crippen molar-refractivity contribution < 1.29 is 8.60 Å². The molecule has 0 saturated carbocycles. The predicted octanol–water partition coefficient (Wildman–Crippen LogP) is 2.06. The highest BCUT2D eigenvalue weighted by Crippen LogP contribution is 2.17. The highest BCUT2D eigenvalue weighted by molar-refractivity contribution is 7.84. The van der Waals surface area contributed by atoms with Crippen LogP contribution in [0.25, 0.3) is 0 Å². The van der Waals surface area contributed by atoms with Crippen molar-refractivity contribution in [2.24, 2.45) is 0 Å². The van der Waals surface area contributed by atoms with Gasteiger partial charge in [-0.15, -0.1) is 10.2 Å². The number of halogens is 1. The Balaban J connectivity index is 1.82. The van der Waals surface area contributed by atoms with Crippen LogP contribution in [-0.4, -0.2) is 19.0 Å². The summed E-state index contributed by atoms with van der Waals surface area (Å²) in [4.78, 5) is 0.494. The second kappa shape index (κ2) is 5.21. The predicted molar refractivity (Wildman–Crippen MR) is 69.5 cm³/mol. The molecule has 2 heterocycles. The Morgan fingerprint density at radius 2 is 2.21 bits per heavy atom. The zero-order valence-electron chi connectivity index (χ0n) is 10.4. The molecule has 1 unspecified atom stereocenters. The monoisotopic (exact) mass is 279 g/mol. The first kappa shape index (κ1) is 12.5. The topological polar surface area (TPSA) is 47.8 Å². The summed E-state index contributed by atoms with van der Waals surface area (Å²) in [6.07, 6.45) is 3.16. The van der Waals surface area contributed by atoms with Gasteiger partial charge < -0.3 is 4.57 Å². The maximum Gasteiger partial charge on any atom is 0.146 e. The molecule has 1 aromatic carbocycles. The number of nitrogens with zero attached hydrogens (tertiary/aromatic N) is 3. The van der Waals surface area contributed by atoms with Crippen LogP contribution in [0.1, 0.15) is 24.5 Å². The van der Waals surface area contributed by atoms with Gasteiger partial charge in [-0.3, -0.25) is 4.21 Å². The van der Waals surface area contributed by atoms with Crippen LogP contribution in [0.4, 0.5) is 4.39 Å². The Kier molecular flexibility index (Phi) is 3.42. The van der Waals surface area contributed by atoms with E-state index in [1.807, 2.05) is 4.57 Å². The lowest BCUT2D eigenvalue weighted by Crippen LogP contribution is -2.14.